The van der Waals surface area contributed by atoms with Gasteiger partial charge in [0.1, 0.15) is 12.6 Å². The van der Waals surface area contributed by atoms with Crippen molar-refractivity contribution in [2.45, 2.75) is 19.4 Å². The minimum atomic E-state index is -1.26. The monoisotopic (exact) mass is 218 g/mol. The molecule has 0 aromatic carbocycles. The van der Waals surface area contributed by atoms with Gasteiger partial charge in [-0.1, -0.05) is 0 Å². The van der Waals surface area contributed by atoms with Crippen LogP contribution in [0.4, 0.5) is 0 Å². The number of amides is 1. The van der Waals surface area contributed by atoms with Crippen LogP contribution in [0, 0.1) is 0 Å². The number of carboxylic acid groups (broad SMARTS) is 1. The van der Waals surface area contributed by atoms with Crippen molar-refractivity contribution in [3.8, 4) is 0 Å². The second kappa shape index (κ2) is 6.77. The number of aliphatic carboxylic acids is 1. The van der Waals surface area contributed by atoms with Gasteiger partial charge in [-0.05, 0) is 6.92 Å². The van der Waals surface area contributed by atoms with Gasteiger partial charge in [0.25, 0.3) is 0 Å². The molecule has 0 spiro atoms. The molecule has 0 aromatic rings. The first-order valence-electron chi connectivity index (χ1n) is 4.38. The predicted molar refractivity (Wildman–Crippen MR) is 49.9 cm³/mol. The molecule has 7 nitrogen and oxygen atoms in total. The number of nitrogens with one attached hydrogen (secondary N) is 1. The summed E-state index contributed by atoms with van der Waals surface area (Å²) in [5, 5.41) is 10.6. The van der Waals surface area contributed by atoms with Gasteiger partial charge in [-0.3, -0.25) is 14.4 Å². The Hall–Kier alpha value is -1.63. The third-order valence-electron chi connectivity index (χ3n) is 1.46. The maximum Gasteiger partial charge on any atom is 0.325 e. The zero-order valence-electron chi connectivity index (χ0n) is 8.36. The summed E-state index contributed by atoms with van der Waals surface area (Å²) in [5.74, 6) is -2.44. The molecule has 1 atom stereocenters. The first kappa shape index (κ1) is 13.4. The fraction of sp³-hybridized carbons (Fsp3) is 0.625. The lowest BCUT2D eigenvalue weighted by molar-refractivity contribution is -0.143. The summed E-state index contributed by atoms with van der Waals surface area (Å²) < 4.78 is 4.54. The maximum absolute atomic E-state index is 11.0. The Morgan fingerprint density at radius 3 is 2.53 bits per heavy atom. The Morgan fingerprint density at radius 2 is 2.07 bits per heavy atom. The molecule has 1 amide bonds. The fourth-order valence-electron chi connectivity index (χ4n) is 0.742. The lowest BCUT2D eigenvalue weighted by Gasteiger charge is -2.07. The summed E-state index contributed by atoms with van der Waals surface area (Å²) in [7, 11) is 0. The van der Waals surface area contributed by atoms with Gasteiger partial charge in [-0.2, -0.15) is 0 Å². The van der Waals surface area contributed by atoms with Gasteiger partial charge >= 0.3 is 11.9 Å². The van der Waals surface area contributed by atoms with E-state index >= 15 is 0 Å². The Bertz CT molecular complexity index is 253. The summed E-state index contributed by atoms with van der Waals surface area (Å²) in [6.45, 7) is 1.59. The molecule has 0 aliphatic carbocycles. The number of carbonyl (C=O) groups excluding carboxylic acids is 2. The summed E-state index contributed by atoms with van der Waals surface area (Å²) in [4.78, 5) is 32.1. The fourth-order valence-corrected chi connectivity index (χ4v) is 0.742. The van der Waals surface area contributed by atoms with Crippen molar-refractivity contribution >= 4 is 17.8 Å². The number of esters is 1. The number of hydrogen-bond donors (Lipinski definition) is 3. The van der Waals surface area contributed by atoms with Crippen molar-refractivity contribution < 1.29 is 24.2 Å². The minimum absolute atomic E-state index is 0.226. The highest BCUT2D eigenvalue weighted by atomic mass is 16.5. The van der Waals surface area contributed by atoms with E-state index in [9.17, 15) is 14.4 Å². The van der Waals surface area contributed by atoms with E-state index in [1.165, 1.54) is 0 Å². The highest BCUT2D eigenvalue weighted by Crippen LogP contribution is 1.88. The number of carbonyl (C=O) groups is 3. The van der Waals surface area contributed by atoms with E-state index in [-0.39, 0.29) is 19.6 Å². The predicted octanol–water partition coefficient (Wildman–Crippen LogP) is -1.53. The number of rotatable bonds is 6. The first-order chi connectivity index (χ1) is 6.97. The summed E-state index contributed by atoms with van der Waals surface area (Å²) in [5.41, 5.74) is 5.11. The molecule has 15 heavy (non-hydrogen) atoms. The quantitative estimate of drug-likeness (QED) is 0.465. The molecule has 0 saturated carbocycles. The Morgan fingerprint density at radius 1 is 1.47 bits per heavy atom. The van der Waals surface area contributed by atoms with E-state index in [2.05, 4.69) is 10.1 Å². The van der Waals surface area contributed by atoms with Crippen LogP contribution in [-0.2, 0) is 19.1 Å². The lowest BCUT2D eigenvalue weighted by atomic mass is 10.2. The van der Waals surface area contributed by atoms with Crippen LogP contribution in [0.15, 0.2) is 0 Å². The van der Waals surface area contributed by atoms with Crippen LogP contribution in [0.2, 0.25) is 0 Å². The van der Waals surface area contributed by atoms with E-state index in [0.717, 1.165) is 0 Å². The molecule has 1 unspecified atom stereocenters. The maximum atomic E-state index is 11.0. The summed E-state index contributed by atoms with van der Waals surface area (Å²) >= 11 is 0. The molecule has 0 rings (SSSR count). The molecule has 86 valence electrons. The van der Waals surface area contributed by atoms with Crippen molar-refractivity contribution in [2.24, 2.45) is 5.73 Å². The molecule has 0 saturated heterocycles. The molecular formula is C8H14N2O5. The zero-order valence-corrected chi connectivity index (χ0v) is 8.36. The second-order valence-corrected chi connectivity index (χ2v) is 2.73. The van der Waals surface area contributed by atoms with Gasteiger partial charge in [0.2, 0.25) is 5.91 Å². The number of nitrogens with two attached hydrogens (primary N) is 1. The number of hydrogen-bond acceptors (Lipinski definition) is 5. The highest BCUT2D eigenvalue weighted by Gasteiger charge is 2.16. The minimum Gasteiger partial charge on any atom is -0.480 e. The Balaban J connectivity index is 3.75. The van der Waals surface area contributed by atoms with E-state index in [1.54, 1.807) is 6.92 Å². The van der Waals surface area contributed by atoms with Crippen LogP contribution in [0.1, 0.15) is 13.3 Å². The number of ether oxygens (including phenoxy) is 1. The summed E-state index contributed by atoms with van der Waals surface area (Å²) in [6.07, 6.45) is -0.366. The van der Waals surface area contributed by atoms with Crippen molar-refractivity contribution in [2.75, 3.05) is 13.2 Å². The Labute approximate surface area is 86.6 Å². The average Bonchev–Trinajstić information content (AvgIpc) is 2.15. The van der Waals surface area contributed by atoms with E-state index in [4.69, 9.17) is 10.8 Å². The van der Waals surface area contributed by atoms with Crippen molar-refractivity contribution in [1.29, 1.82) is 0 Å². The van der Waals surface area contributed by atoms with Crippen LogP contribution in [0.3, 0.4) is 0 Å². The van der Waals surface area contributed by atoms with Crippen LogP contribution >= 0.6 is 0 Å². The van der Waals surface area contributed by atoms with Crippen LogP contribution in [-0.4, -0.2) is 42.1 Å². The van der Waals surface area contributed by atoms with Crippen LogP contribution in [0.25, 0.3) is 0 Å². The molecule has 0 radical (unpaired) electrons. The van der Waals surface area contributed by atoms with Crippen LogP contribution in [0.5, 0.6) is 0 Å². The SMILES string of the molecule is CCOC(=O)CNC(=O)CC(N)C(=O)O. The van der Waals surface area contributed by atoms with Crippen molar-refractivity contribution in [3.05, 3.63) is 0 Å². The summed E-state index contributed by atoms with van der Waals surface area (Å²) in [6, 6.07) is -1.26. The van der Waals surface area contributed by atoms with Gasteiger partial charge in [-0.25, -0.2) is 0 Å². The second-order valence-electron chi connectivity index (χ2n) is 2.73. The van der Waals surface area contributed by atoms with Gasteiger partial charge in [0.05, 0.1) is 13.0 Å². The van der Waals surface area contributed by atoms with E-state index in [0.29, 0.717) is 0 Å². The zero-order chi connectivity index (χ0) is 11.8. The van der Waals surface area contributed by atoms with Crippen molar-refractivity contribution in [3.63, 3.8) is 0 Å². The smallest absolute Gasteiger partial charge is 0.325 e. The topological polar surface area (TPSA) is 119 Å². The van der Waals surface area contributed by atoms with Gasteiger partial charge in [-0.15, -0.1) is 0 Å². The molecule has 0 bridgehead atoms. The molecular weight excluding hydrogens is 204 g/mol. The van der Waals surface area contributed by atoms with Gasteiger partial charge < -0.3 is 20.9 Å². The molecule has 0 aromatic heterocycles. The average molecular weight is 218 g/mol. The van der Waals surface area contributed by atoms with E-state index < -0.39 is 23.9 Å². The van der Waals surface area contributed by atoms with Crippen LogP contribution < -0.4 is 11.1 Å². The molecule has 0 fully saturated rings. The lowest BCUT2D eigenvalue weighted by Crippen LogP contribution is -2.38. The van der Waals surface area contributed by atoms with Gasteiger partial charge in [0.15, 0.2) is 0 Å². The first-order valence-corrected chi connectivity index (χ1v) is 4.38. The van der Waals surface area contributed by atoms with E-state index in [1.807, 2.05) is 0 Å². The largest absolute Gasteiger partial charge is 0.480 e. The molecule has 0 aliphatic rings. The molecule has 0 heterocycles. The standard InChI is InChI=1S/C8H14N2O5/c1-2-15-7(12)4-10-6(11)3-5(9)8(13)14/h5H,2-4,9H2,1H3,(H,10,11)(H,13,14). The van der Waals surface area contributed by atoms with Gasteiger partial charge in [0, 0.05) is 0 Å². The highest BCUT2D eigenvalue weighted by molar-refractivity contribution is 5.86. The normalized spacial score (nSPS) is 11.6. The van der Waals surface area contributed by atoms with Crippen molar-refractivity contribution in [1.82, 2.24) is 5.32 Å². The number of carboxylic acids is 1. The molecule has 7 heteroatoms. The third kappa shape index (κ3) is 6.44. The Kier molecular flexibility index (Phi) is 6.03. The third-order valence-corrected chi connectivity index (χ3v) is 1.46. The molecule has 0 aliphatic heterocycles. The molecule has 4 N–H and O–H groups in total.